The molecule has 106 valence electrons. The van der Waals surface area contributed by atoms with Crippen molar-refractivity contribution >= 4 is 23.3 Å². The Morgan fingerprint density at radius 2 is 2.16 bits per heavy atom. The molecule has 8 heteroatoms. The monoisotopic (exact) mass is 286 g/mol. The van der Waals surface area contributed by atoms with Crippen LogP contribution in [0.1, 0.15) is 28.8 Å². The molecule has 19 heavy (non-hydrogen) atoms. The molecule has 0 fully saturated rings. The molecule has 0 unspecified atom stereocenters. The van der Waals surface area contributed by atoms with Crippen LogP contribution in [-0.4, -0.2) is 41.7 Å². The predicted octanol–water partition coefficient (Wildman–Crippen LogP) is 0.640. The van der Waals surface area contributed by atoms with E-state index in [1.54, 1.807) is 0 Å². The van der Waals surface area contributed by atoms with Gasteiger partial charge in [-0.3, -0.25) is 0 Å². The van der Waals surface area contributed by atoms with Crippen molar-refractivity contribution in [3.63, 3.8) is 0 Å². The van der Waals surface area contributed by atoms with E-state index in [-0.39, 0.29) is 18.3 Å². The molecule has 0 aliphatic heterocycles. The van der Waals surface area contributed by atoms with Crippen LogP contribution in [0.3, 0.4) is 0 Å². The zero-order valence-electron chi connectivity index (χ0n) is 10.7. The Morgan fingerprint density at radius 1 is 1.37 bits per heavy atom. The summed E-state index contributed by atoms with van der Waals surface area (Å²) in [6, 6.07) is -0.274. The Morgan fingerprint density at radius 3 is 2.79 bits per heavy atom. The number of hydrogen-bond donors (Lipinski definition) is 4. The molecule has 1 aromatic rings. The second-order valence-electron chi connectivity index (χ2n) is 3.75. The topological polar surface area (TPSA) is 103 Å². The molecule has 2 amide bonds. The summed E-state index contributed by atoms with van der Waals surface area (Å²) in [6.45, 7) is 4.64. The molecule has 0 aliphatic rings. The summed E-state index contributed by atoms with van der Waals surface area (Å²) in [5, 5.41) is 19.2. The average molecular weight is 286 g/mol. The molecule has 0 aromatic carbocycles. The van der Waals surface area contributed by atoms with Crippen LogP contribution < -0.4 is 16.0 Å². The van der Waals surface area contributed by atoms with Gasteiger partial charge in [0.25, 0.3) is 0 Å². The zero-order chi connectivity index (χ0) is 14.1. The minimum Gasteiger partial charge on any atom is -0.476 e. The molecule has 1 rings (SSSR count). The summed E-state index contributed by atoms with van der Waals surface area (Å²) in [7, 11) is 0. The van der Waals surface area contributed by atoms with Gasteiger partial charge in [-0.2, -0.15) is 0 Å². The van der Waals surface area contributed by atoms with E-state index in [4.69, 9.17) is 5.11 Å². The standard InChI is InChI=1S/C11H18N4O3S/c1-2-12-4-3-5-13-11(18)14-6-9-15-8(7-19-9)10(16)17/h7,12H,2-6H2,1H3,(H,16,17)(H2,13,14,18). The van der Waals surface area contributed by atoms with Crippen molar-refractivity contribution in [1.82, 2.24) is 20.9 Å². The Kier molecular flexibility index (Phi) is 6.83. The van der Waals surface area contributed by atoms with Gasteiger partial charge >= 0.3 is 12.0 Å². The number of hydrogen-bond acceptors (Lipinski definition) is 5. The van der Waals surface area contributed by atoms with Crippen LogP contribution in [-0.2, 0) is 6.54 Å². The van der Waals surface area contributed by atoms with Crippen molar-refractivity contribution < 1.29 is 14.7 Å². The normalized spacial score (nSPS) is 10.2. The van der Waals surface area contributed by atoms with Gasteiger partial charge in [0.2, 0.25) is 0 Å². The van der Waals surface area contributed by atoms with E-state index >= 15 is 0 Å². The number of amides is 2. The molecular formula is C11H18N4O3S. The summed E-state index contributed by atoms with van der Waals surface area (Å²) in [5.74, 6) is -1.06. The second-order valence-corrected chi connectivity index (χ2v) is 4.69. The second kappa shape index (κ2) is 8.44. The van der Waals surface area contributed by atoms with Gasteiger partial charge in [-0.15, -0.1) is 11.3 Å². The van der Waals surface area contributed by atoms with E-state index in [1.807, 2.05) is 6.92 Å². The lowest BCUT2D eigenvalue weighted by Crippen LogP contribution is -2.36. The molecule has 7 nitrogen and oxygen atoms in total. The quantitative estimate of drug-likeness (QED) is 0.525. The first-order valence-corrected chi connectivity index (χ1v) is 6.91. The molecule has 0 saturated carbocycles. The lowest BCUT2D eigenvalue weighted by molar-refractivity contribution is 0.0691. The average Bonchev–Trinajstić information content (AvgIpc) is 2.85. The lowest BCUT2D eigenvalue weighted by atomic mass is 10.4. The van der Waals surface area contributed by atoms with Gasteiger partial charge in [0.1, 0.15) is 5.01 Å². The van der Waals surface area contributed by atoms with Crippen LogP contribution in [0.15, 0.2) is 5.38 Å². The molecule has 0 bridgehead atoms. The van der Waals surface area contributed by atoms with Gasteiger partial charge in [0, 0.05) is 11.9 Å². The van der Waals surface area contributed by atoms with Gasteiger partial charge in [-0.1, -0.05) is 6.92 Å². The Balaban J connectivity index is 2.17. The molecule has 0 atom stereocenters. The highest BCUT2D eigenvalue weighted by atomic mass is 32.1. The van der Waals surface area contributed by atoms with Crippen LogP contribution in [0, 0.1) is 0 Å². The minimum absolute atomic E-state index is 0.00727. The Labute approximate surface area is 115 Å². The van der Waals surface area contributed by atoms with Crippen LogP contribution in [0.4, 0.5) is 4.79 Å². The van der Waals surface area contributed by atoms with Crippen LogP contribution in [0.2, 0.25) is 0 Å². The van der Waals surface area contributed by atoms with Gasteiger partial charge in [-0.05, 0) is 19.5 Å². The van der Waals surface area contributed by atoms with E-state index in [0.717, 1.165) is 19.5 Å². The smallest absolute Gasteiger partial charge is 0.355 e. The minimum atomic E-state index is -1.06. The molecule has 4 N–H and O–H groups in total. The maximum atomic E-state index is 11.4. The number of nitrogens with zero attached hydrogens (tertiary/aromatic N) is 1. The van der Waals surface area contributed by atoms with Gasteiger partial charge in [-0.25, -0.2) is 14.6 Å². The lowest BCUT2D eigenvalue weighted by Gasteiger charge is -2.06. The number of carboxylic acid groups (broad SMARTS) is 1. The molecule has 1 heterocycles. The zero-order valence-corrected chi connectivity index (χ0v) is 11.5. The van der Waals surface area contributed by atoms with E-state index in [9.17, 15) is 9.59 Å². The highest BCUT2D eigenvalue weighted by molar-refractivity contribution is 7.09. The van der Waals surface area contributed by atoms with Crippen molar-refractivity contribution in [2.75, 3.05) is 19.6 Å². The number of urea groups is 1. The van der Waals surface area contributed by atoms with Crippen LogP contribution in [0.25, 0.3) is 0 Å². The Hall–Kier alpha value is -1.67. The third-order valence-corrected chi connectivity index (χ3v) is 3.09. The third-order valence-electron chi connectivity index (χ3n) is 2.24. The maximum Gasteiger partial charge on any atom is 0.355 e. The summed E-state index contributed by atoms with van der Waals surface area (Å²) in [6.07, 6.45) is 0.863. The summed E-state index contributed by atoms with van der Waals surface area (Å²) >= 11 is 1.21. The predicted molar refractivity (Wildman–Crippen MR) is 72.5 cm³/mol. The number of rotatable bonds is 8. The number of carbonyl (C=O) groups excluding carboxylic acids is 1. The summed E-state index contributed by atoms with van der Waals surface area (Å²) < 4.78 is 0. The first-order valence-electron chi connectivity index (χ1n) is 6.03. The fourth-order valence-corrected chi connectivity index (χ4v) is 2.01. The first-order chi connectivity index (χ1) is 9.13. The molecule has 0 radical (unpaired) electrons. The molecular weight excluding hydrogens is 268 g/mol. The molecule has 1 aromatic heterocycles. The number of thiazole rings is 1. The van der Waals surface area contributed by atoms with Crippen molar-refractivity contribution in [2.24, 2.45) is 0 Å². The number of aromatic carboxylic acids is 1. The maximum absolute atomic E-state index is 11.4. The van der Waals surface area contributed by atoms with Crippen molar-refractivity contribution in [3.05, 3.63) is 16.1 Å². The largest absolute Gasteiger partial charge is 0.476 e. The van der Waals surface area contributed by atoms with E-state index in [0.29, 0.717) is 11.6 Å². The number of carboxylic acids is 1. The molecule has 0 saturated heterocycles. The van der Waals surface area contributed by atoms with Crippen LogP contribution in [0.5, 0.6) is 0 Å². The molecule has 0 aliphatic carbocycles. The van der Waals surface area contributed by atoms with Crippen LogP contribution >= 0.6 is 11.3 Å². The first kappa shape index (κ1) is 15.4. The SMILES string of the molecule is CCNCCCNC(=O)NCc1nc(C(=O)O)cs1. The summed E-state index contributed by atoms with van der Waals surface area (Å²) in [4.78, 5) is 25.9. The number of aromatic nitrogens is 1. The fraction of sp³-hybridized carbons (Fsp3) is 0.545. The van der Waals surface area contributed by atoms with Crippen molar-refractivity contribution in [1.29, 1.82) is 0 Å². The summed E-state index contributed by atoms with van der Waals surface area (Å²) in [5.41, 5.74) is 0.00727. The number of nitrogens with one attached hydrogen (secondary N) is 3. The van der Waals surface area contributed by atoms with Crippen molar-refractivity contribution in [2.45, 2.75) is 19.9 Å². The highest BCUT2D eigenvalue weighted by Gasteiger charge is 2.09. The highest BCUT2D eigenvalue weighted by Crippen LogP contribution is 2.08. The van der Waals surface area contributed by atoms with E-state index in [2.05, 4.69) is 20.9 Å². The molecule has 0 spiro atoms. The Bertz CT molecular complexity index is 422. The fourth-order valence-electron chi connectivity index (χ4n) is 1.30. The van der Waals surface area contributed by atoms with Crippen molar-refractivity contribution in [3.8, 4) is 0 Å². The van der Waals surface area contributed by atoms with Gasteiger partial charge in [0.15, 0.2) is 5.69 Å². The van der Waals surface area contributed by atoms with E-state index in [1.165, 1.54) is 16.7 Å². The number of carbonyl (C=O) groups is 2. The third kappa shape index (κ3) is 6.16. The van der Waals surface area contributed by atoms with Gasteiger partial charge in [0.05, 0.1) is 6.54 Å². The van der Waals surface area contributed by atoms with Gasteiger partial charge < -0.3 is 21.1 Å². The van der Waals surface area contributed by atoms with E-state index < -0.39 is 5.97 Å².